The van der Waals surface area contributed by atoms with Crippen LogP contribution in [0.4, 0.5) is 0 Å². The molecule has 34 heavy (non-hydrogen) atoms. The van der Waals surface area contributed by atoms with Crippen LogP contribution in [0.25, 0.3) is 16.6 Å². The molecule has 3 aromatic rings. The van der Waals surface area contributed by atoms with Crippen LogP contribution in [0, 0.1) is 5.92 Å². The van der Waals surface area contributed by atoms with Crippen molar-refractivity contribution >= 4 is 40.4 Å². The lowest BCUT2D eigenvalue weighted by atomic mass is 9.96. The Morgan fingerprint density at radius 1 is 1.09 bits per heavy atom. The van der Waals surface area contributed by atoms with E-state index in [1.165, 1.54) is 16.3 Å². The molecule has 1 aliphatic heterocycles. The first-order valence-corrected chi connectivity index (χ1v) is 11.9. The Morgan fingerprint density at radius 3 is 2.44 bits per heavy atom. The van der Waals surface area contributed by atoms with Crippen molar-refractivity contribution in [1.29, 1.82) is 0 Å². The van der Waals surface area contributed by atoms with Gasteiger partial charge >= 0.3 is 5.97 Å². The van der Waals surface area contributed by atoms with Gasteiger partial charge in [-0.1, -0.05) is 30.0 Å². The number of rotatable bonds is 7. The molecule has 2 heterocycles. The Hall–Kier alpha value is -3.66. The van der Waals surface area contributed by atoms with Crippen molar-refractivity contribution in [3.8, 4) is 5.69 Å². The third-order valence-electron chi connectivity index (χ3n) is 5.83. The van der Waals surface area contributed by atoms with Gasteiger partial charge in [-0.3, -0.25) is 23.7 Å². The predicted molar refractivity (Wildman–Crippen MR) is 128 cm³/mol. The van der Waals surface area contributed by atoms with E-state index in [1.54, 1.807) is 47.4 Å². The first-order valence-electron chi connectivity index (χ1n) is 10.9. The number of piperidine rings is 1. The van der Waals surface area contributed by atoms with E-state index in [9.17, 15) is 19.2 Å². The number of carboxylic acid groups (broad SMARTS) is 1. The summed E-state index contributed by atoms with van der Waals surface area (Å²) in [6, 6.07) is 13.8. The van der Waals surface area contributed by atoms with E-state index in [-0.39, 0.29) is 35.5 Å². The summed E-state index contributed by atoms with van der Waals surface area (Å²) in [6.07, 6.45) is 0.977. The van der Waals surface area contributed by atoms with Gasteiger partial charge in [0, 0.05) is 30.3 Å². The van der Waals surface area contributed by atoms with Gasteiger partial charge in [0.2, 0.25) is 5.91 Å². The van der Waals surface area contributed by atoms with Crippen molar-refractivity contribution in [3.63, 3.8) is 0 Å². The summed E-state index contributed by atoms with van der Waals surface area (Å²) >= 11 is 1.18. The number of para-hydroxylation sites is 1. The molecule has 2 aromatic carbocycles. The Morgan fingerprint density at radius 2 is 1.79 bits per heavy atom. The van der Waals surface area contributed by atoms with Crippen LogP contribution < -0.4 is 11.3 Å². The first kappa shape index (κ1) is 23.5. The molecule has 176 valence electrons. The van der Waals surface area contributed by atoms with Crippen molar-refractivity contribution in [2.75, 3.05) is 18.8 Å². The summed E-state index contributed by atoms with van der Waals surface area (Å²) < 4.78 is 1.46. The maximum absolute atomic E-state index is 13.4. The summed E-state index contributed by atoms with van der Waals surface area (Å²) in [4.78, 5) is 55.1. The van der Waals surface area contributed by atoms with Crippen molar-refractivity contribution in [2.45, 2.75) is 24.4 Å². The minimum atomic E-state index is -0.935. The minimum absolute atomic E-state index is 0.0762. The molecule has 3 N–H and O–H groups in total. The number of amides is 2. The van der Waals surface area contributed by atoms with Gasteiger partial charge < -0.3 is 15.7 Å². The van der Waals surface area contributed by atoms with Crippen LogP contribution in [0.1, 0.15) is 29.6 Å². The number of fused-ring (bicyclic) bond motifs is 1. The fraction of sp³-hybridized carbons (Fsp3) is 0.292. The number of thioether (sulfide) groups is 1. The molecule has 1 aromatic heterocycles. The minimum Gasteiger partial charge on any atom is -0.481 e. The first-order chi connectivity index (χ1) is 16.3. The second-order valence-corrected chi connectivity index (χ2v) is 9.13. The fourth-order valence-corrected chi connectivity index (χ4v) is 4.92. The number of primary amides is 1. The molecule has 1 fully saturated rings. The molecule has 1 saturated heterocycles. The topological polar surface area (TPSA) is 136 Å². The van der Waals surface area contributed by atoms with Gasteiger partial charge in [-0.05, 0) is 43.2 Å². The number of likely N-dealkylation sites (tertiary alicyclic amines) is 1. The number of hydrogen-bond acceptors (Lipinski definition) is 6. The molecule has 0 bridgehead atoms. The molecule has 0 atom stereocenters. The van der Waals surface area contributed by atoms with Gasteiger partial charge in [-0.2, -0.15) is 0 Å². The van der Waals surface area contributed by atoms with Crippen molar-refractivity contribution in [2.24, 2.45) is 11.7 Å². The fourth-order valence-electron chi connectivity index (χ4n) is 3.98. The van der Waals surface area contributed by atoms with E-state index >= 15 is 0 Å². The van der Waals surface area contributed by atoms with Crippen LogP contribution >= 0.6 is 11.8 Å². The summed E-state index contributed by atoms with van der Waals surface area (Å²) in [5.41, 5.74) is 6.47. The molecular weight excluding hydrogens is 456 g/mol. The van der Waals surface area contributed by atoms with E-state index in [0.717, 1.165) is 0 Å². The van der Waals surface area contributed by atoms with E-state index in [0.29, 0.717) is 53.2 Å². The van der Waals surface area contributed by atoms with Crippen LogP contribution in [0.5, 0.6) is 0 Å². The van der Waals surface area contributed by atoms with Crippen LogP contribution in [-0.4, -0.2) is 56.2 Å². The summed E-state index contributed by atoms with van der Waals surface area (Å²) in [5.74, 6) is -1.45. The van der Waals surface area contributed by atoms with E-state index in [1.807, 2.05) is 6.07 Å². The highest BCUT2D eigenvalue weighted by atomic mass is 32.2. The molecule has 0 aliphatic carbocycles. The van der Waals surface area contributed by atoms with Crippen LogP contribution in [0.3, 0.4) is 0 Å². The number of carboxylic acids is 1. The predicted octanol–water partition coefficient (Wildman–Crippen LogP) is 2.29. The summed E-state index contributed by atoms with van der Waals surface area (Å²) in [7, 11) is 0. The number of aliphatic carboxylic acids is 1. The molecule has 0 saturated carbocycles. The lowest BCUT2D eigenvalue weighted by Crippen LogP contribution is -2.41. The third kappa shape index (κ3) is 4.96. The monoisotopic (exact) mass is 480 g/mol. The highest BCUT2D eigenvalue weighted by Gasteiger charge is 2.27. The average Bonchev–Trinajstić information content (AvgIpc) is 2.84. The second-order valence-electron chi connectivity index (χ2n) is 8.06. The molecule has 10 heteroatoms. The number of nitrogens with two attached hydrogens (primary N) is 1. The Balaban J connectivity index is 1.69. The lowest BCUT2D eigenvalue weighted by Gasteiger charge is -2.30. The number of carbonyl (C=O) groups excluding carboxylic acids is 2. The molecule has 4 rings (SSSR count). The van der Waals surface area contributed by atoms with E-state index in [4.69, 9.17) is 10.8 Å². The van der Waals surface area contributed by atoms with Crippen molar-refractivity contribution in [3.05, 3.63) is 64.4 Å². The molecule has 0 radical (unpaired) electrons. The largest absolute Gasteiger partial charge is 0.481 e. The van der Waals surface area contributed by atoms with Crippen molar-refractivity contribution in [1.82, 2.24) is 14.5 Å². The maximum Gasteiger partial charge on any atom is 0.304 e. The highest BCUT2D eigenvalue weighted by molar-refractivity contribution is 7.99. The standard InChI is InChI=1S/C24H24N4O5S/c25-21(31)15-8-11-27(12-9-15)22(32)16-6-7-18-19(14-16)26-24(34-13-10-20(29)30)28(23(18)33)17-4-2-1-3-5-17/h1-7,14-15H,8-13H2,(H2,25,31)(H,29,30). The van der Waals surface area contributed by atoms with Gasteiger partial charge in [-0.15, -0.1) is 0 Å². The number of carbonyl (C=O) groups is 3. The zero-order valence-electron chi connectivity index (χ0n) is 18.3. The van der Waals surface area contributed by atoms with Crippen molar-refractivity contribution < 1.29 is 19.5 Å². The number of nitrogens with zero attached hydrogens (tertiary/aromatic N) is 3. The lowest BCUT2D eigenvalue weighted by molar-refractivity contribution is -0.136. The molecular formula is C24H24N4O5S. The van der Waals surface area contributed by atoms with Crippen LogP contribution in [0.2, 0.25) is 0 Å². The van der Waals surface area contributed by atoms with Gasteiger partial charge in [0.15, 0.2) is 5.16 Å². The van der Waals surface area contributed by atoms with Gasteiger partial charge in [0.05, 0.1) is 23.0 Å². The van der Waals surface area contributed by atoms with E-state index < -0.39 is 5.97 Å². The number of benzene rings is 2. The Kier molecular flexibility index (Phi) is 6.97. The SMILES string of the molecule is NC(=O)C1CCN(C(=O)c2ccc3c(=O)n(-c4ccccc4)c(SCCC(=O)O)nc3c2)CC1. The zero-order valence-corrected chi connectivity index (χ0v) is 19.2. The summed E-state index contributed by atoms with van der Waals surface area (Å²) in [6.45, 7) is 0.869. The third-order valence-corrected chi connectivity index (χ3v) is 6.77. The van der Waals surface area contributed by atoms with Gasteiger partial charge in [-0.25, -0.2) is 4.98 Å². The number of hydrogen-bond donors (Lipinski definition) is 2. The smallest absolute Gasteiger partial charge is 0.304 e. The van der Waals surface area contributed by atoms with Crippen LogP contribution in [0.15, 0.2) is 58.5 Å². The maximum atomic E-state index is 13.4. The quantitative estimate of drug-likeness (QED) is 0.391. The number of aromatic nitrogens is 2. The van der Waals surface area contributed by atoms with Gasteiger partial charge in [0.25, 0.3) is 11.5 Å². The van der Waals surface area contributed by atoms with Crippen LogP contribution in [-0.2, 0) is 9.59 Å². The normalized spacial score (nSPS) is 14.3. The van der Waals surface area contributed by atoms with E-state index in [2.05, 4.69) is 4.98 Å². The highest BCUT2D eigenvalue weighted by Crippen LogP contribution is 2.24. The summed E-state index contributed by atoms with van der Waals surface area (Å²) in [5, 5.41) is 9.72. The molecule has 1 aliphatic rings. The molecule has 0 unspecified atom stereocenters. The second kappa shape index (κ2) is 10.1. The molecule has 9 nitrogen and oxygen atoms in total. The Bertz CT molecular complexity index is 1300. The Labute approximate surface area is 199 Å². The molecule has 2 amide bonds. The molecule has 0 spiro atoms. The average molecular weight is 481 g/mol. The van der Waals surface area contributed by atoms with Gasteiger partial charge in [0.1, 0.15) is 0 Å². The zero-order chi connectivity index (χ0) is 24.2.